The second-order valence-corrected chi connectivity index (χ2v) is 4.82. The minimum Gasteiger partial charge on any atom is -0.350 e. The van der Waals surface area contributed by atoms with Crippen LogP contribution in [0, 0.1) is 0 Å². The zero-order valence-electron chi connectivity index (χ0n) is 10.8. The zero-order chi connectivity index (χ0) is 13.7. The number of rotatable bonds is 4. The number of amides is 2. The molecule has 1 aromatic rings. The zero-order valence-corrected chi connectivity index (χ0v) is 10.8. The molecule has 2 atom stereocenters. The largest absolute Gasteiger partial charge is 0.350 e. The van der Waals surface area contributed by atoms with Crippen molar-refractivity contribution in [2.24, 2.45) is 5.73 Å². The van der Waals surface area contributed by atoms with Crippen LogP contribution in [-0.4, -0.2) is 30.4 Å². The average molecular weight is 261 g/mol. The second-order valence-electron chi connectivity index (χ2n) is 4.82. The van der Waals surface area contributed by atoms with E-state index < -0.39 is 0 Å². The smallest absolute Gasteiger partial charge is 0.251 e. The molecule has 0 saturated heterocycles. The van der Waals surface area contributed by atoms with Gasteiger partial charge < -0.3 is 16.4 Å². The molecule has 4 N–H and O–H groups in total. The van der Waals surface area contributed by atoms with E-state index in [0.717, 1.165) is 19.3 Å². The van der Waals surface area contributed by atoms with Gasteiger partial charge >= 0.3 is 0 Å². The van der Waals surface area contributed by atoms with E-state index in [1.807, 2.05) is 6.07 Å². The second kappa shape index (κ2) is 6.33. The highest BCUT2D eigenvalue weighted by atomic mass is 16.2. The quantitative estimate of drug-likeness (QED) is 0.734. The summed E-state index contributed by atoms with van der Waals surface area (Å²) in [6.07, 6.45) is 2.91. The molecule has 0 radical (unpaired) electrons. The molecule has 1 aliphatic rings. The van der Waals surface area contributed by atoms with Crippen molar-refractivity contribution in [1.82, 2.24) is 10.6 Å². The van der Waals surface area contributed by atoms with E-state index in [2.05, 4.69) is 10.6 Å². The van der Waals surface area contributed by atoms with Crippen molar-refractivity contribution < 1.29 is 9.59 Å². The number of carbonyl (C=O) groups is 2. The van der Waals surface area contributed by atoms with Gasteiger partial charge in [0.1, 0.15) is 0 Å². The molecule has 5 nitrogen and oxygen atoms in total. The molecule has 19 heavy (non-hydrogen) atoms. The normalized spacial score (nSPS) is 21.9. The molecular formula is C14H19N3O2. The first-order chi connectivity index (χ1) is 9.16. The van der Waals surface area contributed by atoms with Gasteiger partial charge in [-0.3, -0.25) is 9.59 Å². The summed E-state index contributed by atoms with van der Waals surface area (Å²) in [6.45, 7) is -0.0169. The number of benzene rings is 1. The van der Waals surface area contributed by atoms with E-state index in [0.29, 0.717) is 5.56 Å². The minimum atomic E-state index is -0.244. The molecule has 2 unspecified atom stereocenters. The maximum absolute atomic E-state index is 11.7. The van der Waals surface area contributed by atoms with Crippen LogP contribution in [0.25, 0.3) is 0 Å². The van der Waals surface area contributed by atoms with Crippen LogP contribution in [0.5, 0.6) is 0 Å². The number of hydrogen-bond acceptors (Lipinski definition) is 3. The summed E-state index contributed by atoms with van der Waals surface area (Å²) in [5.41, 5.74) is 6.42. The van der Waals surface area contributed by atoms with Gasteiger partial charge in [-0.25, -0.2) is 0 Å². The first-order valence-electron chi connectivity index (χ1n) is 6.55. The van der Waals surface area contributed by atoms with E-state index in [9.17, 15) is 9.59 Å². The number of carbonyl (C=O) groups excluding carboxylic acids is 2. The maximum atomic E-state index is 11.7. The van der Waals surface area contributed by atoms with Gasteiger partial charge in [0.25, 0.3) is 5.91 Å². The predicted molar refractivity (Wildman–Crippen MR) is 72.5 cm³/mol. The molecule has 1 saturated carbocycles. The molecular weight excluding hydrogens is 242 g/mol. The Morgan fingerprint density at radius 1 is 1.21 bits per heavy atom. The summed E-state index contributed by atoms with van der Waals surface area (Å²) in [5.74, 6) is -0.432. The topological polar surface area (TPSA) is 84.2 Å². The number of hydrogen-bond donors (Lipinski definition) is 3. The van der Waals surface area contributed by atoms with Crippen LogP contribution in [0.4, 0.5) is 0 Å². The van der Waals surface area contributed by atoms with Crippen molar-refractivity contribution in [2.75, 3.05) is 6.54 Å². The van der Waals surface area contributed by atoms with Crippen molar-refractivity contribution in [3.8, 4) is 0 Å². The number of nitrogens with two attached hydrogens (primary N) is 1. The Balaban J connectivity index is 1.76. The third kappa shape index (κ3) is 3.79. The van der Waals surface area contributed by atoms with Crippen LogP contribution < -0.4 is 16.4 Å². The van der Waals surface area contributed by atoms with Crippen LogP contribution in [0.2, 0.25) is 0 Å². The molecule has 0 bridgehead atoms. The Morgan fingerprint density at radius 2 is 1.95 bits per heavy atom. The van der Waals surface area contributed by atoms with Crippen molar-refractivity contribution >= 4 is 11.8 Å². The number of nitrogens with one attached hydrogen (secondary N) is 2. The highest BCUT2D eigenvalue weighted by Gasteiger charge is 2.25. The summed E-state index contributed by atoms with van der Waals surface area (Å²) >= 11 is 0. The monoisotopic (exact) mass is 261 g/mol. The fourth-order valence-electron chi connectivity index (χ4n) is 2.28. The molecule has 102 valence electrons. The molecule has 5 heteroatoms. The molecule has 0 heterocycles. The highest BCUT2D eigenvalue weighted by Crippen LogP contribution is 2.16. The van der Waals surface area contributed by atoms with E-state index >= 15 is 0 Å². The van der Waals surface area contributed by atoms with Gasteiger partial charge in [0, 0.05) is 17.6 Å². The standard InChI is InChI=1S/C14H19N3O2/c15-11-7-4-8-12(11)17-13(18)9-16-14(19)10-5-2-1-3-6-10/h1-3,5-6,11-12H,4,7-9,15H2,(H,16,19)(H,17,18). The minimum absolute atomic E-state index is 0.0169. The van der Waals surface area contributed by atoms with Crippen molar-refractivity contribution in [1.29, 1.82) is 0 Å². The maximum Gasteiger partial charge on any atom is 0.251 e. The van der Waals surface area contributed by atoms with Gasteiger partial charge in [0.2, 0.25) is 5.91 Å². The lowest BCUT2D eigenvalue weighted by Gasteiger charge is -2.17. The van der Waals surface area contributed by atoms with E-state index in [1.165, 1.54) is 0 Å². The van der Waals surface area contributed by atoms with Gasteiger partial charge in [-0.2, -0.15) is 0 Å². The van der Waals surface area contributed by atoms with E-state index in [4.69, 9.17) is 5.73 Å². The molecule has 0 aromatic heterocycles. The Bertz CT molecular complexity index is 447. The van der Waals surface area contributed by atoms with Crippen LogP contribution in [0.15, 0.2) is 30.3 Å². The van der Waals surface area contributed by atoms with Crippen LogP contribution >= 0.6 is 0 Å². The molecule has 2 rings (SSSR count). The summed E-state index contributed by atoms with van der Waals surface area (Å²) in [6, 6.07) is 8.90. The predicted octanol–water partition coefficient (Wildman–Crippen LogP) is 0.412. The Morgan fingerprint density at radius 3 is 2.58 bits per heavy atom. The third-order valence-electron chi connectivity index (χ3n) is 3.36. The molecule has 0 spiro atoms. The van der Waals surface area contributed by atoms with Crippen molar-refractivity contribution in [3.05, 3.63) is 35.9 Å². The summed E-state index contributed by atoms with van der Waals surface area (Å²) in [4.78, 5) is 23.4. The van der Waals surface area contributed by atoms with Gasteiger partial charge in [-0.15, -0.1) is 0 Å². The molecule has 1 aromatic carbocycles. The van der Waals surface area contributed by atoms with Gasteiger partial charge in [0.15, 0.2) is 0 Å². The highest BCUT2D eigenvalue weighted by molar-refractivity contribution is 5.96. The molecule has 1 aliphatic carbocycles. The Labute approximate surface area is 112 Å². The fraction of sp³-hybridized carbons (Fsp3) is 0.429. The van der Waals surface area contributed by atoms with E-state index in [1.54, 1.807) is 24.3 Å². The lowest BCUT2D eigenvalue weighted by Crippen LogP contribution is -2.47. The third-order valence-corrected chi connectivity index (χ3v) is 3.36. The average Bonchev–Trinajstić information content (AvgIpc) is 2.82. The van der Waals surface area contributed by atoms with Crippen molar-refractivity contribution in [3.63, 3.8) is 0 Å². The first kappa shape index (κ1) is 13.5. The van der Waals surface area contributed by atoms with E-state index in [-0.39, 0.29) is 30.4 Å². The molecule has 1 fully saturated rings. The summed E-state index contributed by atoms with van der Waals surface area (Å²) in [7, 11) is 0. The Hall–Kier alpha value is -1.88. The van der Waals surface area contributed by atoms with Crippen LogP contribution in [-0.2, 0) is 4.79 Å². The van der Waals surface area contributed by atoms with Crippen molar-refractivity contribution in [2.45, 2.75) is 31.3 Å². The molecule has 2 amide bonds. The van der Waals surface area contributed by atoms with Gasteiger partial charge in [-0.1, -0.05) is 18.2 Å². The fourth-order valence-corrected chi connectivity index (χ4v) is 2.28. The Kier molecular flexibility index (Phi) is 4.52. The van der Waals surface area contributed by atoms with Gasteiger partial charge in [-0.05, 0) is 31.4 Å². The molecule has 0 aliphatic heterocycles. The lowest BCUT2D eigenvalue weighted by molar-refractivity contribution is -0.120. The lowest BCUT2D eigenvalue weighted by atomic mass is 10.2. The SMILES string of the molecule is NC1CCCC1NC(=O)CNC(=O)c1ccccc1. The van der Waals surface area contributed by atoms with Gasteiger partial charge in [0.05, 0.1) is 6.54 Å². The summed E-state index contributed by atoms with van der Waals surface area (Å²) in [5, 5.41) is 5.45. The van der Waals surface area contributed by atoms with Crippen LogP contribution in [0.3, 0.4) is 0 Å². The summed E-state index contributed by atoms with van der Waals surface area (Å²) < 4.78 is 0. The van der Waals surface area contributed by atoms with Crippen LogP contribution in [0.1, 0.15) is 29.6 Å². The first-order valence-corrected chi connectivity index (χ1v) is 6.55.